The number of anilines is 1. The van der Waals surface area contributed by atoms with E-state index in [0.717, 1.165) is 18.9 Å². The van der Waals surface area contributed by atoms with Gasteiger partial charge in [-0.2, -0.15) is 11.3 Å². The Bertz CT molecular complexity index is 503. The van der Waals surface area contributed by atoms with Crippen molar-refractivity contribution >= 4 is 17.2 Å². The third-order valence-corrected chi connectivity index (χ3v) is 4.14. The molecule has 0 radical (unpaired) electrons. The summed E-state index contributed by atoms with van der Waals surface area (Å²) in [4.78, 5) is 7.06. The predicted octanol–water partition coefficient (Wildman–Crippen LogP) is 3.03. The van der Waals surface area contributed by atoms with Crippen molar-refractivity contribution in [1.29, 1.82) is 0 Å². The molecule has 1 aliphatic carbocycles. The van der Waals surface area contributed by atoms with E-state index in [-0.39, 0.29) is 0 Å². The van der Waals surface area contributed by atoms with Crippen molar-refractivity contribution in [3.05, 3.63) is 46.3 Å². The van der Waals surface area contributed by atoms with Gasteiger partial charge in [0, 0.05) is 25.3 Å². The van der Waals surface area contributed by atoms with Crippen LogP contribution in [0.15, 0.2) is 35.2 Å². The smallest absolute Gasteiger partial charge is 0.129 e. The SMILES string of the molecule is CNCc1ccc(N(Cc2ccsc2)C2CC2)nc1. The second-order valence-electron chi connectivity index (χ2n) is 5.05. The number of hydrogen-bond donors (Lipinski definition) is 1. The molecule has 0 amide bonds. The summed E-state index contributed by atoms with van der Waals surface area (Å²) in [6.07, 6.45) is 4.57. The van der Waals surface area contributed by atoms with Crippen molar-refractivity contribution in [2.75, 3.05) is 11.9 Å². The zero-order chi connectivity index (χ0) is 13.1. The fraction of sp³-hybridized carbons (Fsp3) is 0.400. The highest BCUT2D eigenvalue weighted by Gasteiger charge is 2.30. The lowest BCUT2D eigenvalue weighted by Gasteiger charge is -2.23. The molecule has 0 aromatic carbocycles. The van der Waals surface area contributed by atoms with E-state index in [2.05, 4.69) is 44.2 Å². The monoisotopic (exact) mass is 273 g/mol. The van der Waals surface area contributed by atoms with Gasteiger partial charge in [0.25, 0.3) is 0 Å². The summed E-state index contributed by atoms with van der Waals surface area (Å²) in [5.74, 6) is 1.11. The van der Waals surface area contributed by atoms with Gasteiger partial charge in [0.05, 0.1) is 0 Å². The largest absolute Gasteiger partial charge is 0.349 e. The molecule has 0 aliphatic heterocycles. The molecule has 0 spiro atoms. The maximum absolute atomic E-state index is 4.63. The number of nitrogens with zero attached hydrogens (tertiary/aromatic N) is 2. The summed E-state index contributed by atoms with van der Waals surface area (Å²) in [7, 11) is 1.96. The second kappa shape index (κ2) is 5.72. The van der Waals surface area contributed by atoms with Crippen LogP contribution >= 0.6 is 11.3 Å². The molecule has 2 heterocycles. The van der Waals surface area contributed by atoms with Gasteiger partial charge in [-0.05, 0) is 53.9 Å². The maximum Gasteiger partial charge on any atom is 0.129 e. The van der Waals surface area contributed by atoms with Crippen LogP contribution in [-0.2, 0) is 13.1 Å². The highest BCUT2D eigenvalue weighted by Crippen LogP contribution is 2.32. The number of pyridine rings is 1. The third kappa shape index (κ3) is 3.14. The number of aromatic nitrogens is 1. The number of rotatable bonds is 6. The first kappa shape index (κ1) is 12.6. The van der Waals surface area contributed by atoms with Crippen LogP contribution in [-0.4, -0.2) is 18.1 Å². The molecule has 1 fully saturated rings. The van der Waals surface area contributed by atoms with Crippen LogP contribution in [0.1, 0.15) is 24.0 Å². The van der Waals surface area contributed by atoms with E-state index in [1.807, 2.05) is 13.2 Å². The first-order valence-electron chi connectivity index (χ1n) is 6.74. The molecule has 1 aliphatic rings. The molecule has 100 valence electrons. The fourth-order valence-electron chi connectivity index (χ4n) is 2.26. The average Bonchev–Trinajstić information content (AvgIpc) is 3.15. The average molecular weight is 273 g/mol. The lowest BCUT2D eigenvalue weighted by Crippen LogP contribution is -2.25. The van der Waals surface area contributed by atoms with Crippen molar-refractivity contribution < 1.29 is 0 Å². The predicted molar refractivity (Wildman–Crippen MR) is 80.5 cm³/mol. The Kier molecular flexibility index (Phi) is 3.80. The van der Waals surface area contributed by atoms with Crippen LogP contribution in [0.2, 0.25) is 0 Å². The molecule has 2 aromatic rings. The Labute approximate surface area is 118 Å². The standard InChI is InChI=1S/C15H19N3S/c1-16-8-12-2-5-15(17-9-12)18(14-3-4-14)10-13-6-7-19-11-13/h2,5-7,9,11,14,16H,3-4,8,10H2,1H3. The topological polar surface area (TPSA) is 28.2 Å². The van der Waals surface area contributed by atoms with Crippen molar-refractivity contribution in [2.45, 2.75) is 32.0 Å². The Balaban J connectivity index is 1.76. The van der Waals surface area contributed by atoms with E-state index in [4.69, 9.17) is 0 Å². The van der Waals surface area contributed by atoms with Gasteiger partial charge < -0.3 is 10.2 Å². The van der Waals surface area contributed by atoms with Crippen LogP contribution in [0.25, 0.3) is 0 Å². The maximum atomic E-state index is 4.63. The van der Waals surface area contributed by atoms with E-state index in [1.165, 1.54) is 24.0 Å². The molecule has 3 rings (SSSR count). The van der Waals surface area contributed by atoms with Gasteiger partial charge in [-0.3, -0.25) is 0 Å². The molecule has 3 nitrogen and oxygen atoms in total. The Morgan fingerprint density at radius 1 is 1.32 bits per heavy atom. The lowest BCUT2D eigenvalue weighted by molar-refractivity contribution is 0.773. The van der Waals surface area contributed by atoms with E-state index in [1.54, 1.807) is 11.3 Å². The molecule has 0 unspecified atom stereocenters. The molecular formula is C15H19N3S. The molecule has 1 N–H and O–H groups in total. The molecule has 0 saturated heterocycles. The zero-order valence-corrected chi connectivity index (χ0v) is 12.0. The first-order chi connectivity index (χ1) is 9.36. The van der Waals surface area contributed by atoms with E-state index < -0.39 is 0 Å². The molecule has 19 heavy (non-hydrogen) atoms. The Morgan fingerprint density at radius 2 is 2.21 bits per heavy atom. The van der Waals surface area contributed by atoms with Crippen LogP contribution in [0.4, 0.5) is 5.82 Å². The van der Waals surface area contributed by atoms with Gasteiger partial charge >= 0.3 is 0 Å². The van der Waals surface area contributed by atoms with E-state index in [9.17, 15) is 0 Å². The zero-order valence-electron chi connectivity index (χ0n) is 11.2. The minimum atomic E-state index is 0.683. The summed E-state index contributed by atoms with van der Waals surface area (Å²) in [6.45, 7) is 1.85. The summed E-state index contributed by atoms with van der Waals surface area (Å²) in [5, 5.41) is 7.52. The summed E-state index contributed by atoms with van der Waals surface area (Å²) in [6, 6.07) is 7.21. The van der Waals surface area contributed by atoms with Gasteiger partial charge in [0.15, 0.2) is 0 Å². The molecule has 4 heteroatoms. The van der Waals surface area contributed by atoms with Gasteiger partial charge in [-0.1, -0.05) is 6.07 Å². The summed E-state index contributed by atoms with van der Waals surface area (Å²) >= 11 is 1.76. The number of nitrogens with one attached hydrogen (secondary N) is 1. The van der Waals surface area contributed by atoms with Gasteiger partial charge in [-0.25, -0.2) is 4.98 Å². The van der Waals surface area contributed by atoms with E-state index in [0.29, 0.717) is 6.04 Å². The third-order valence-electron chi connectivity index (χ3n) is 3.40. The van der Waals surface area contributed by atoms with Gasteiger partial charge in [0.1, 0.15) is 5.82 Å². The highest BCUT2D eigenvalue weighted by atomic mass is 32.1. The number of hydrogen-bond acceptors (Lipinski definition) is 4. The van der Waals surface area contributed by atoms with Crippen LogP contribution in [0.5, 0.6) is 0 Å². The Morgan fingerprint density at radius 3 is 2.79 bits per heavy atom. The summed E-state index contributed by atoms with van der Waals surface area (Å²) in [5.41, 5.74) is 2.62. The number of thiophene rings is 1. The van der Waals surface area contributed by atoms with Crippen LogP contribution in [0, 0.1) is 0 Å². The van der Waals surface area contributed by atoms with Gasteiger partial charge in [0.2, 0.25) is 0 Å². The van der Waals surface area contributed by atoms with Gasteiger partial charge in [-0.15, -0.1) is 0 Å². The quantitative estimate of drug-likeness (QED) is 0.877. The molecule has 0 atom stereocenters. The Hall–Kier alpha value is -1.39. The van der Waals surface area contributed by atoms with Crippen molar-refractivity contribution in [2.24, 2.45) is 0 Å². The molecule has 0 bridgehead atoms. The van der Waals surface area contributed by atoms with Crippen molar-refractivity contribution in [1.82, 2.24) is 10.3 Å². The minimum Gasteiger partial charge on any atom is -0.349 e. The normalized spacial score (nSPS) is 14.6. The minimum absolute atomic E-state index is 0.683. The lowest BCUT2D eigenvalue weighted by atomic mass is 10.2. The molecule has 2 aromatic heterocycles. The van der Waals surface area contributed by atoms with Crippen LogP contribution in [0.3, 0.4) is 0 Å². The molecular weight excluding hydrogens is 254 g/mol. The van der Waals surface area contributed by atoms with E-state index >= 15 is 0 Å². The molecule has 1 saturated carbocycles. The second-order valence-corrected chi connectivity index (χ2v) is 5.83. The first-order valence-corrected chi connectivity index (χ1v) is 7.68. The van der Waals surface area contributed by atoms with Crippen molar-refractivity contribution in [3.8, 4) is 0 Å². The summed E-state index contributed by atoms with van der Waals surface area (Å²) < 4.78 is 0. The van der Waals surface area contributed by atoms with Crippen LogP contribution < -0.4 is 10.2 Å². The highest BCUT2D eigenvalue weighted by molar-refractivity contribution is 7.07. The van der Waals surface area contributed by atoms with Crippen molar-refractivity contribution in [3.63, 3.8) is 0 Å². The fourth-order valence-corrected chi connectivity index (χ4v) is 2.92.